The molecule has 2 rings (SSSR count). The van der Waals surface area contributed by atoms with Crippen LogP contribution in [0.15, 0.2) is 24.4 Å². The molecule has 78 valence electrons. The first kappa shape index (κ1) is 9.58. The molecule has 4 nitrogen and oxygen atoms in total. The van der Waals surface area contributed by atoms with E-state index in [0.29, 0.717) is 5.82 Å². The van der Waals surface area contributed by atoms with E-state index in [2.05, 4.69) is 10.2 Å². The quantitative estimate of drug-likeness (QED) is 0.784. The van der Waals surface area contributed by atoms with E-state index >= 15 is 0 Å². The Bertz CT molecular complexity index is 476. The van der Waals surface area contributed by atoms with Gasteiger partial charge in [0.15, 0.2) is 0 Å². The fourth-order valence-electron chi connectivity index (χ4n) is 1.53. The average molecular weight is 203 g/mol. The van der Waals surface area contributed by atoms with Crippen LogP contribution < -0.4 is 10.5 Å². The number of rotatable bonds is 2. The number of aromatic nitrogens is 2. The van der Waals surface area contributed by atoms with Gasteiger partial charge < -0.3 is 10.5 Å². The Hall–Kier alpha value is -1.97. The van der Waals surface area contributed by atoms with Gasteiger partial charge in [-0.3, -0.25) is 5.10 Å². The van der Waals surface area contributed by atoms with Crippen molar-refractivity contribution in [2.24, 2.45) is 0 Å². The highest BCUT2D eigenvalue weighted by Crippen LogP contribution is 2.32. The van der Waals surface area contributed by atoms with Gasteiger partial charge in [-0.25, -0.2) is 0 Å². The molecule has 0 spiro atoms. The molecule has 0 saturated carbocycles. The Kier molecular flexibility index (Phi) is 2.33. The molecule has 1 heterocycles. The Balaban J connectivity index is 2.58. The second-order valence-corrected chi connectivity index (χ2v) is 3.40. The summed E-state index contributed by atoms with van der Waals surface area (Å²) in [4.78, 5) is 0. The zero-order valence-electron chi connectivity index (χ0n) is 8.74. The number of aryl methyl sites for hydroxylation is 1. The number of nitrogens with one attached hydrogen (secondary N) is 1. The van der Waals surface area contributed by atoms with Crippen LogP contribution in [0.4, 0.5) is 5.82 Å². The third-order valence-corrected chi connectivity index (χ3v) is 2.32. The summed E-state index contributed by atoms with van der Waals surface area (Å²) in [6.45, 7) is 2.02. The fourth-order valence-corrected chi connectivity index (χ4v) is 1.53. The van der Waals surface area contributed by atoms with Gasteiger partial charge in [0.1, 0.15) is 11.6 Å². The molecule has 0 saturated heterocycles. The van der Waals surface area contributed by atoms with E-state index in [0.717, 1.165) is 22.4 Å². The number of nitrogen functional groups attached to an aromatic ring is 1. The molecule has 0 bridgehead atoms. The Morgan fingerprint density at radius 2 is 2.13 bits per heavy atom. The molecule has 0 unspecified atom stereocenters. The van der Waals surface area contributed by atoms with Gasteiger partial charge in [-0.05, 0) is 18.6 Å². The molecular formula is C11H13N3O. The fraction of sp³-hybridized carbons (Fsp3) is 0.182. The summed E-state index contributed by atoms with van der Waals surface area (Å²) in [5, 5.41) is 6.60. The molecular weight excluding hydrogens is 190 g/mol. The van der Waals surface area contributed by atoms with Crippen molar-refractivity contribution in [1.82, 2.24) is 10.2 Å². The number of nitrogens with zero attached hydrogens (tertiary/aromatic N) is 1. The van der Waals surface area contributed by atoms with Gasteiger partial charge in [0, 0.05) is 11.1 Å². The minimum atomic E-state index is 0.553. The van der Waals surface area contributed by atoms with Crippen LogP contribution in [-0.2, 0) is 0 Å². The largest absolute Gasteiger partial charge is 0.496 e. The summed E-state index contributed by atoms with van der Waals surface area (Å²) < 4.78 is 5.31. The van der Waals surface area contributed by atoms with Gasteiger partial charge in [0.2, 0.25) is 0 Å². The first-order chi connectivity index (χ1) is 7.22. The van der Waals surface area contributed by atoms with E-state index in [-0.39, 0.29) is 0 Å². The van der Waals surface area contributed by atoms with Crippen molar-refractivity contribution >= 4 is 5.82 Å². The third kappa shape index (κ3) is 1.66. The highest BCUT2D eigenvalue weighted by Gasteiger charge is 2.10. The van der Waals surface area contributed by atoms with Crippen molar-refractivity contribution < 1.29 is 4.74 Å². The van der Waals surface area contributed by atoms with Crippen molar-refractivity contribution in [3.05, 3.63) is 30.0 Å². The summed E-state index contributed by atoms with van der Waals surface area (Å²) in [6, 6.07) is 5.97. The number of H-pyrrole nitrogens is 1. The Labute approximate surface area is 88.1 Å². The second kappa shape index (κ2) is 3.65. The summed E-state index contributed by atoms with van der Waals surface area (Å²) in [5.41, 5.74) is 8.73. The summed E-state index contributed by atoms with van der Waals surface area (Å²) in [6.07, 6.45) is 1.70. The third-order valence-electron chi connectivity index (χ3n) is 2.32. The molecule has 15 heavy (non-hydrogen) atoms. The standard InChI is InChI=1S/C11H13N3O/c1-7-3-4-8(10(5-7)15-2)9-6-13-14-11(9)12/h3-6H,1-2H3,(H3,12,13,14). The van der Waals surface area contributed by atoms with Gasteiger partial charge in [-0.2, -0.15) is 5.10 Å². The predicted octanol–water partition coefficient (Wildman–Crippen LogP) is 1.98. The van der Waals surface area contributed by atoms with Crippen LogP contribution in [0.25, 0.3) is 11.1 Å². The summed E-state index contributed by atoms with van der Waals surface area (Å²) >= 11 is 0. The van der Waals surface area contributed by atoms with E-state index in [1.54, 1.807) is 13.3 Å². The van der Waals surface area contributed by atoms with Gasteiger partial charge in [-0.1, -0.05) is 12.1 Å². The topological polar surface area (TPSA) is 63.9 Å². The molecule has 0 fully saturated rings. The van der Waals surface area contributed by atoms with Crippen molar-refractivity contribution in [1.29, 1.82) is 0 Å². The van der Waals surface area contributed by atoms with E-state index in [1.165, 1.54) is 0 Å². The summed E-state index contributed by atoms with van der Waals surface area (Å²) in [7, 11) is 1.65. The Morgan fingerprint density at radius 3 is 2.73 bits per heavy atom. The number of hydrogen-bond acceptors (Lipinski definition) is 3. The SMILES string of the molecule is COc1cc(C)ccc1-c1cn[nH]c1N. The molecule has 3 N–H and O–H groups in total. The van der Waals surface area contributed by atoms with Gasteiger partial charge >= 0.3 is 0 Å². The number of ether oxygens (including phenoxy) is 1. The van der Waals surface area contributed by atoms with E-state index < -0.39 is 0 Å². The van der Waals surface area contributed by atoms with Gasteiger partial charge in [-0.15, -0.1) is 0 Å². The first-order valence-electron chi connectivity index (χ1n) is 4.66. The van der Waals surface area contributed by atoms with Gasteiger partial charge in [0.05, 0.1) is 13.3 Å². The van der Waals surface area contributed by atoms with Crippen molar-refractivity contribution in [2.45, 2.75) is 6.92 Å². The number of aromatic amines is 1. The number of methoxy groups -OCH3 is 1. The molecule has 0 aliphatic rings. The second-order valence-electron chi connectivity index (χ2n) is 3.40. The average Bonchev–Trinajstić information content (AvgIpc) is 2.64. The first-order valence-corrected chi connectivity index (χ1v) is 4.66. The van der Waals surface area contributed by atoms with Crippen molar-refractivity contribution in [2.75, 3.05) is 12.8 Å². The van der Waals surface area contributed by atoms with E-state index in [4.69, 9.17) is 10.5 Å². The normalized spacial score (nSPS) is 10.3. The highest BCUT2D eigenvalue weighted by molar-refractivity contribution is 5.78. The Morgan fingerprint density at radius 1 is 1.33 bits per heavy atom. The monoisotopic (exact) mass is 203 g/mol. The molecule has 0 atom stereocenters. The lowest BCUT2D eigenvalue weighted by Crippen LogP contribution is -1.91. The zero-order valence-corrected chi connectivity index (χ0v) is 8.74. The van der Waals surface area contributed by atoms with E-state index in [1.807, 2.05) is 25.1 Å². The maximum Gasteiger partial charge on any atom is 0.127 e. The van der Waals surface area contributed by atoms with Crippen LogP contribution in [0, 0.1) is 6.92 Å². The molecule has 1 aromatic heterocycles. The molecule has 1 aromatic carbocycles. The lowest BCUT2D eigenvalue weighted by Gasteiger charge is -2.08. The number of anilines is 1. The van der Waals surface area contributed by atoms with Crippen LogP contribution in [0.5, 0.6) is 5.75 Å². The smallest absolute Gasteiger partial charge is 0.127 e. The number of nitrogens with two attached hydrogens (primary N) is 1. The maximum atomic E-state index is 5.76. The molecule has 0 aliphatic carbocycles. The zero-order chi connectivity index (χ0) is 10.8. The minimum Gasteiger partial charge on any atom is -0.496 e. The van der Waals surface area contributed by atoms with Crippen molar-refractivity contribution in [3.63, 3.8) is 0 Å². The van der Waals surface area contributed by atoms with Crippen LogP contribution >= 0.6 is 0 Å². The maximum absolute atomic E-state index is 5.76. The lowest BCUT2D eigenvalue weighted by atomic mass is 10.1. The number of hydrogen-bond donors (Lipinski definition) is 2. The van der Waals surface area contributed by atoms with Crippen LogP contribution in [-0.4, -0.2) is 17.3 Å². The van der Waals surface area contributed by atoms with Crippen LogP contribution in [0.2, 0.25) is 0 Å². The van der Waals surface area contributed by atoms with Gasteiger partial charge in [0.25, 0.3) is 0 Å². The molecule has 4 heteroatoms. The lowest BCUT2D eigenvalue weighted by molar-refractivity contribution is 0.416. The minimum absolute atomic E-state index is 0.553. The van der Waals surface area contributed by atoms with E-state index in [9.17, 15) is 0 Å². The van der Waals surface area contributed by atoms with Crippen LogP contribution in [0.1, 0.15) is 5.56 Å². The number of benzene rings is 1. The highest BCUT2D eigenvalue weighted by atomic mass is 16.5. The molecule has 0 aliphatic heterocycles. The summed E-state index contributed by atoms with van der Waals surface area (Å²) in [5.74, 6) is 1.36. The molecule has 2 aromatic rings. The van der Waals surface area contributed by atoms with Crippen LogP contribution in [0.3, 0.4) is 0 Å². The molecule has 0 radical (unpaired) electrons. The predicted molar refractivity (Wildman–Crippen MR) is 59.7 cm³/mol. The molecule has 0 amide bonds. The van der Waals surface area contributed by atoms with Crippen molar-refractivity contribution in [3.8, 4) is 16.9 Å².